The zero-order valence-electron chi connectivity index (χ0n) is 20.5. The molecule has 0 saturated carbocycles. The van der Waals surface area contributed by atoms with E-state index in [1.54, 1.807) is 24.3 Å². The summed E-state index contributed by atoms with van der Waals surface area (Å²) in [5.74, 6) is -0.325. The van der Waals surface area contributed by atoms with Crippen LogP contribution in [0.15, 0.2) is 90.0 Å². The summed E-state index contributed by atoms with van der Waals surface area (Å²) in [5, 5.41) is 11.7. The Balaban J connectivity index is 1.26. The Hall–Kier alpha value is -3.96. The van der Waals surface area contributed by atoms with Gasteiger partial charge in [0.25, 0.3) is 15.9 Å². The quantitative estimate of drug-likeness (QED) is 0.354. The number of aromatic nitrogens is 1. The maximum absolute atomic E-state index is 13.1. The lowest BCUT2D eigenvalue weighted by atomic mass is 9.83. The smallest absolute Gasteiger partial charge is 0.385 e. The number of carbonyl (C=O) groups is 1. The van der Waals surface area contributed by atoms with Gasteiger partial charge in [0, 0.05) is 35.9 Å². The minimum absolute atomic E-state index is 0.0299. The highest BCUT2D eigenvalue weighted by Crippen LogP contribution is 2.37. The third-order valence-corrected chi connectivity index (χ3v) is 8.29. The Bertz CT molecular complexity index is 1630. The molecule has 0 unspecified atom stereocenters. The van der Waals surface area contributed by atoms with Gasteiger partial charge in [-0.15, -0.1) is 0 Å². The predicted octanol–water partition coefficient (Wildman–Crippen LogP) is 5.18. The maximum atomic E-state index is 13.1. The third kappa shape index (κ3) is 5.45. The number of pyridine rings is 1. The number of nitrogens with one attached hydrogen (secondary N) is 1. The van der Waals surface area contributed by atoms with Crippen molar-refractivity contribution in [3.8, 4) is 0 Å². The lowest BCUT2D eigenvalue weighted by molar-refractivity contribution is -0.137. The van der Waals surface area contributed by atoms with Gasteiger partial charge in [0.2, 0.25) is 0 Å². The van der Waals surface area contributed by atoms with Crippen LogP contribution >= 0.6 is 0 Å². The largest absolute Gasteiger partial charge is 0.416 e. The Labute approximate surface area is 223 Å². The van der Waals surface area contributed by atoms with Gasteiger partial charge in [0.05, 0.1) is 16.7 Å². The number of hydrogen-bond acceptors (Lipinski definition) is 5. The number of carbonyl (C=O) groups excluding carboxylic acids is 1. The highest BCUT2D eigenvalue weighted by atomic mass is 32.2. The molecule has 39 heavy (non-hydrogen) atoms. The standard InChI is InChI=1S/C28H24F3N3O4S/c29-28(30,31)22-7-2-6-21(18-22)27(36)13-16-34(17-14-27)26(35)20-9-11-23(12-10-20)33-39(37,38)24-8-1-4-19-5-3-15-32-25(19)24/h1-12,15,18,33,36H,13-14,16-17H2. The summed E-state index contributed by atoms with van der Waals surface area (Å²) in [6.07, 6.45) is -2.84. The van der Waals surface area contributed by atoms with Crippen LogP contribution in [-0.2, 0) is 21.8 Å². The van der Waals surface area contributed by atoms with Gasteiger partial charge < -0.3 is 10.0 Å². The van der Waals surface area contributed by atoms with Crippen LogP contribution in [0.5, 0.6) is 0 Å². The first-order chi connectivity index (χ1) is 18.5. The highest BCUT2D eigenvalue weighted by molar-refractivity contribution is 7.93. The predicted molar refractivity (Wildman–Crippen MR) is 139 cm³/mol. The molecule has 0 bridgehead atoms. The molecule has 2 N–H and O–H groups in total. The van der Waals surface area contributed by atoms with Crippen LogP contribution in [0.2, 0.25) is 0 Å². The molecular formula is C28H24F3N3O4S. The summed E-state index contributed by atoms with van der Waals surface area (Å²) in [7, 11) is -3.95. The number of nitrogens with zero attached hydrogens (tertiary/aromatic N) is 2. The van der Waals surface area contributed by atoms with E-state index in [-0.39, 0.29) is 48.0 Å². The lowest BCUT2D eigenvalue weighted by Gasteiger charge is -2.38. The van der Waals surface area contributed by atoms with E-state index in [2.05, 4.69) is 9.71 Å². The van der Waals surface area contributed by atoms with Crippen molar-refractivity contribution in [1.29, 1.82) is 0 Å². The van der Waals surface area contributed by atoms with Crippen LogP contribution in [0.25, 0.3) is 10.9 Å². The van der Waals surface area contributed by atoms with E-state index < -0.39 is 27.4 Å². The zero-order valence-corrected chi connectivity index (χ0v) is 21.3. The molecule has 2 heterocycles. The molecule has 7 nitrogen and oxygen atoms in total. The number of halogens is 3. The SMILES string of the molecule is O=C(c1ccc(NS(=O)(=O)c2cccc3cccnc23)cc1)N1CCC(O)(c2cccc(C(F)(F)F)c2)CC1. The summed E-state index contributed by atoms with van der Waals surface area (Å²) in [5.41, 5.74) is -1.22. The number of rotatable bonds is 5. The molecule has 0 radical (unpaired) electrons. The maximum Gasteiger partial charge on any atom is 0.416 e. The number of hydrogen-bond donors (Lipinski definition) is 2. The Kier molecular flexibility index (Phi) is 6.81. The van der Waals surface area contributed by atoms with Gasteiger partial charge in [-0.05, 0) is 66.9 Å². The van der Waals surface area contributed by atoms with E-state index in [4.69, 9.17) is 0 Å². The number of sulfonamides is 1. The van der Waals surface area contributed by atoms with Gasteiger partial charge in [-0.1, -0.05) is 30.3 Å². The van der Waals surface area contributed by atoms with Gasteiger partial charge in [-0.3, -0.25) is 14.5 Å². The van der Waals surface area contributed by atoms with Crippen molar-refractivity contribution in [3.05, 3.63) is 102 Å². The van der Waals surface area contributed by atoms with Crippen molar-refractivity contribution in [2.24, 2.45) is 0 Å². The molecule has 1 amide bonds. The second-order valence-corrected chi connectivity index (χ2v) is 11.1. The van der Waals surface area contributed by atoms with E-state index in [0.717, 1.165) is 12.1 Å². The fourth-order valence-electron chi connectivity index (χ4n) is 4.72. The van der Waals surface area contributed by atoms with Crippen molar-refractivity contribution >= 4 is 32.5 Å². The van der Waals surface area contributed by atoms with E-state index in [1.165, 1.54) is 53.6 Å². The summed E-state index contributed by atoms with van der Waals surface area (Å²) < 4.78 is 67.9. The Morgan fingerprint density at radius 2 is 1.62 bits per heavy atom. The van der Waals surface area contributed by atoms with Crippen molar-refractivity contribution in [2.75, 3.05) is 17.8 Å². The molecule has 4 aromatic rings. The van der Waals surface area contributed by atoms with Crippen molar-refractivity contribution in [1.82, 2.24) is 9.88 Å². The average molecular weight is 556 g/mol. The van der Waals surface area contributed by atoms with Gasteiger partial charge in [0.1, 0.15) is 4.90 Å². The molecule has 1 fully saturated rings. The first-order valence-electron chi connectivity index (χ1n) is 12.1. The molecule has 0 aliphatic carbocycles. The van der Waals surface area contributed by atoms with Crippen LogP contribution in [0.4, 0.5) is 18.9 Å². The second-order valence-electron chi connectivity index (χ2n) is 9.42. The summed E-state index contributed by atoms with van der Waals surface area (Å²) in [4.78, 5) is 18.8. The van der Waals surface area contributed by atoms with Gasteiger partial charge in [-0.25, -0.2) is 8.42 Å². The number of fused-ring (bicyclic) bond motifs is 1. The number of para-hydroxylation sites is 1. The molecule has 1 aliphatic heterocycles. The number of benzene rings is 3. The van der Waals surface area contributed by atoms with Crippen LogP contribution in [0.1, 0.15) is 34.3 Å². The number of amides is 1. The summed E-state index contributed by atoms with van der Waals surface area (Å²) in [6, 6.07) is 18.9. The van der Waals surface area contributed by atoms with E-state index in [9.17, 15) is 31.5 Å². The van der Waals surface area contributed by atoms with E-state index in [1.807, 2.05) is 0 Å². The zero-order chi connectivity index (χ0) is 27.8. The minimum Gasteiger partial charge on any atom is -0.385 e. The molecule has 11 heteroatoms. The molecule has 1 aliphatic rings. The summed E-state index contributed by atoms with van der Waals surface area (Å²) >= 11 is 0. The molecule has 1 saturated heterocycles. The molecule has 0 spiro atoms. The fourth-order valence-corrected chi connectivity index (χ4v) is 5.96. The molecule has 5 rings (SSSR count). The van der Waals surface area contributed by atoms with Crippen LogP contribution in [0.3, 0.4) is 0 Å². The first kappa shape index (κ1) is 26.6. The third-order valence-electron chi connectivity index (χ3n) is 6.87. The molecule has 0 atom stereocenters. The highest BCUT2D eigenvalue weighted by Gasteiger charge is 2.38. The normalized spacial score (nSPS) is 15.7. The molecular weight excluding hydrogens is 531 g/mol. The molecule has 3 aromatic carbocycles. The van der Waals surface area contributed by atoms with Crippen molar-refractivity contribution in [2.45, 2.75) is 29.5 Å². The average Bonchev–Trinajstić information content (AvgIpc) is 2.92. The van der Waals surface area contributed by atoms with E-state index >= 15 is 0 Å². The minimum atomic E-state index is -4.52. The summed E-state index contributed by atoms with van der Waals surface area (Å²) in [6.45, 7) is 0.294. The second kappa shape index (κ2) is 9.97. The Morgan fingerprint density at radius 1 is 0.949 bits per heavy atom. The van der Waals surface area contributed by atoms with Gasteiger partial charge in [-0.2, -0.15) is 13.2 Å². The van der Waals surface area contributed by atoms with Crippen LogP contribution in [0, 0.1) is 0 Å². The van der Waals surface area contributed by atoms with E-state index in [0.29, 0.717) is 16.5 Å². The molecule has 202 valence electrons. The van der Waals surface area contributed by atoms with Crippen molar-refractivity contribution < 1.29 is 31.5 Å². The number of likely N-dealkylation sites (tertiary alicyclic amines) is 1. The fraction of sp³-hybridized carbons (Fsp3) is 0.214. The monoisotopic (exact) mass is 555 g/mol. The first-order valence-corrected chi connectivity index (χ1v) is 13.6. The number of piperidine rings is 1. The van der Waals surface area contributed by atoms with Gasteiger partial charge in [0.15, 0.2) is 0 Å². The number of aliphatic hydroxyl groups is 1. The topological polar surface area (TPSA) is 99.6 Å². The number of anilines is 1. The van der Waals surface area contributed by atoms with Gasteiger partial charge >= 0.3 is 6.18 Å². The van der Waals surface area contributed by atoms with Crippen LogP contribution in [-0.4, -0.2) is 42.4 Å². The molecule has 1 aromatic heterocycles. The van der Waals surface area contributed by atoms with Crippen molar-refractivity contribution in [3.63, 3.8) is 0 Å². The van der Waals surface area contributed by atoms with Crippen LogP contribution < -0.4 is 4.72 Å². The Morgan fingerprint density at radius 3 is 2.31 bits per heavy atom. The number of alkyl halides is 3. The lowest BCUT2D eigenvalue weighted by Crippen LogP contribution is -2.45.